The Labute approximate surface area is 104 Å². The van der Waals surface area contributed by atoms with E-state index >= 15 is 0 Å². The van der Waals surface area contributed by atoms with Gasteiger partial charge in [0, 0.05) is 20.0 Å². The lowest BCUT2D eigenvalue weighted by Gasteiger charge is -2.26. The van der Waals surface area contributed by atoms with Crippen LogP contribution in [0.5, 0.6) is 0 Å². The van der Waals surface area contributed by atoms with Crippen molar-refractivity contribution in [2.45, 2.75) is 31.8 Å². The summed E-state index contributed by atoms with van der Waals surface area (Å²) in [6, 6.07) is 0. The Balaban J connectivity index is 2.25. The van der Waals surface area contributed by atoms with E-state index in [1.165, 1.54) is 0 Å². The van der Waals surface area contributed by atoms with E-state index in [0.29, 0.717) is 18.9 Å². The molecule has 0 bridgehead atoms. The van der Waals surface area contributed by atoms with E-state index in [4.69, 9.17) is 5.73 Å². The SMILES string of the molecule is Cc1nn(C)c(CC(O)(CN)C2CC2)c1Br. The minimum Gasteiger partial charge on any atom is -0.388 e. The van der Waals surface area contributed by atoms with Gasteiger partial charge >= 0.3 is 0 Å². The lowest BCUT2D eigenvalue weighted by molar-refractivity contribution is 0.0248. The number of aliphatic hydroxyl groups is 1. The number of aryl methyl sites for hydroxylation is 2. The van der Waals surface area contributed by atoms with Crippen LogP contribution >= 0.6 is 15.9 Å². The molecule has 1 heterocycles. The van der Waals surface area contributed by atoms with Crippen LogP contribution in [0.15, 0.2) is 4.47 Å². The van der Waals surface area contributed by atoms with Crippen molar-refractivity contribution in [3.63, 3.8) is 0 Å². The number of hydrogen-bond acceptors (Lipinski definition) is 3. The molecule has 4 nitrogen and oxygen atoms in total. The highest BCUT2D eigenvalue weighted by Crippen LogP contribution is 2.41. The van der Waals surface area contributed by atoms with Gasteiger partial charge in [-0.1, -0.05) is 0 Å². The summed E-state index contributed by atoms with van der Waals surface area (Å²) >= 11 is 3.52. The van der Waals surface area contributed by atoms with Crippen molar-refractivity contribution in [2.24, 2.45) is 18.7 Å². The quantitative estimate of drug-likeness (QED) is 0.873. The van der Waals surface area contributed by atoms with Gasteiger partial charge in [0.15, 0.2) is 0 Å². The second kappa shape index (κ2) is 4.13. The molecule has 5 heteroatoms. The van der Waals surface area contributed by atoms with Gasteiger partial charge in [-0.25, -0.2) is 0 Å². The van der Waals surface area contributed by atoms with Crippen molar-refractivity contribution in [1.82, 2.24) is 9.78 Å². The fourth-order valence-electron chi connectivity index (χ4n) is 2.17. The number of rotatable bonds is 4. The van der Waals surface area contributed by atoms with Gasteiger partial charge in [-0.3, -0.25) is 4.68 Å². The standard InChI is InChI=1S/C11H18BrN3O/c1-7-10(12)9(15(2)14-7)5-11(16,6-13)8-3-4-8/h8,16H,3-6,13H2,1-2H3. The van der Waals surface area contributed by atoms with Crippen LogP contribution in [0, 0.1) is 12.8 Å². The first-order valence-corrected chi connectivity index (χ1v) is 6.37. The van der Waals surface area contributed by atoms with Crippen LogP contribution in [0.3, 0.4) is 0 Å². The second-order valence-electron chi connectivity index (χ2n) is 4.73. The Morgan fingerprint density at radius 1 is 1.62 bits per heavy atom. The van der Waals surface area contributed by atoms with Crippen molar-refractivity contribution in [2.75, 3.05) is 6.54 Å². The minimum atomic E-state index is -0.761. The molecule has 1 unspecified atom stereocenters. The Bertz CT molecular complexity index is 400. The minimum absolute atomic E-state index is 0.314. The monoisotopic (exact) mass is 287 g/mol. The summed E-state index contributed by atoms with van der Waals surface area (Å²) in [5.74, 6) is 0.361. The molecule has 1 atom stereocenters. The molecule has 0 amide bonds. The molecular weight excluding hydrogens is 270 g/mol. The number of aromatic nitrogens is 2. The Hall–Kier alpha value is -0.390. The fourth-order valence-corrected chi connectivity index (χ4v) is 2.64. The topological polar surface area (TPSA) is 64.1 Å². The summed E-state index contributed by atoms with van der Waals surface area (Å²) in [4.78, 5) is 0. The van der Waals surface area contributed by atoms with E-state index in [2.05, 4.69) is 21.0 Å². The zero-order valence-electron chi connectivity index (χ0n) is 9.70. The lowest BCUT2D eigenvalue weighted by atomic mass is 9.92. The van der Waals surface area contributed by atoms with E-state index in [9.17, 15) is 5.11 Å². The summed E-state index contributed by atoms with van der Waals surface area (Å²) in [5.41, 5.74) is 6.92. The molecule has 1 aromatic rings. The predicted molar refractivity (Wildman–Crippen MR) is 66.1 cm³/mol. The molecule has 1 saturated carbocycles. The third-order valence-corrected chi connectivity index (χ3v) is 4.46. The molecule has 1 aromatic heterocycles. The number of nitrogens with two attached hydrogens (primary N) is 1. The Morgan fingerprint density at radius 2 is 2.25 bits per heavy atom. The molecule has 1 aliphatic rings. The molecule has 16 heavy (non-hydrogen) atoms. The molecule has 2 rings (SSSR count). The molecular formula is C11H18BrN3O. The Morgan fingerprint density at radius 3 is 2.62 bits per heavy atom. The summed E-state index contributed by atoms with van der Waals surface area (Å²) in [6.45, 7) is 2.26. The van der Waals surface area contributed by atoms with Crippen molar-refractivity contribution in [3.05, 3.63) is 15.9 Å². The number of hydrogen-bond donors (Lipinski definition) is 2. The summed E-state index contributed by atoms with van der Waals surface area (Å²) < 4.78 is 2.81. The average Bonchev–Trinajstić information content (AvgIpc) is 3.05. The van der Waals surface area contributed by atoms with E-state index in [0.717, 1.165) is 28.7 Å². The molecule has 3 N–H and O–H groups in total. The van der Waals surface area contributed by atoms with Gasteiger partial charge in [-0.05, 0) is 41.6 Å². The number of nitrogens with zero attached hydrogens (tertiary/aromatic N) is 2. The lowest BCUT2D eigenvalue weighted by Crippen LogP contribution is -2.42. The molecule has 0 saturated heterocycles. The maximum Gasteiger partial charge on any atom is 0.0852 e. The van der Waals surface area contributed by atoms with E-state index < -0.39 is 5.60 Å². The smallest absolute Gasteiger partial charge is 0.0852 e. The van der Waals surface area contributed by atoms with Crippen LogP contribution in [-0.4, -0.2) is 27.0 Å². The molecule has 1 aliphatic carbocycles. The van der Waals surface area contributed by atoms with Gasteiger partial charge in [0.25, 0.3) is 0 Å². The number of halogens is 1. The highest BCUT2D eigenvalue weighted by Gasteiger charge is 2.43. The maximum absolute atomic E-state index is 10.5. The van der Waals surface area contributed by atoms with Crippen LogP contribution in [0.1, 0.15) is 24.2 Å². The predicted octanol–water partition coefficient (Wildman–Crippen LogP) is 1.13. The highest BCUT2D eigenvalue weighted by molar-refractivity contribution is 9.10. The normalized spacial score (nSPS) is 19.8. The van der Waals surface area contributed by atoms with Crippen LogP contribution in [0.2, 0.25) is 0 Å². The third-order valence-electron chi connectivity index (χ3n) is 3.43. The van der Waals surface area contributed by atoms with Crippen molar-refractivity contribution in [1.29, 1.82) is 0 Å². The van der Waals surface area contributed by atoms with Gasteiger partial charge in [0.1, 0.15) is 0 Å². The van der Waals surface area contributed by atoms with Crippen LogP contribution in [0.4, 0.5) is 0 Å². The summed E-state index contributed by atoms with van der Waals surface area (Å²) in [5, 5.41) is 14.8. The van der Waals surface area contributed by atoms with Crippen molar-refractivity contribution in [3.8, 4) is 0 Å². The average molecular weight is 288 g/mol. The van der Waals surface area contributed by atoms with Crippen molar-refractivity contribution >= 4 is 15.9 Å². The van der Waals surface area contributed by atoms with Crippen LogP contribution < -0.4 is 5.73 Å². The van der Waals surface area contributed by atoms with E-state index in [-0.39, 0.29) is 0 Å². The maximum atomic E-state index is 10.5. The first-order chi connectivity index (χ1) is 7.48. The van der Waals surface area contributed by atoms with E-state index in [1.807, 2.05) is 18.7 Å². The second-order valence-corrected chi connectivity index (χ2v) is 5.52. The largest absolute Gasteiger partial charge is 0.388 e. The van der Waals surface area contributed by atoms with Crippen molar-refractivity contribution < 1.29 is 5.11 Å². The highest BCUT2D eigenvalue weighted by atomic mass is 79.9. The summed E-state index contributed by atoms with van der Waals surface area (Å²) in [6.07, 6.45) is 2.75. The molecule has 90 valence electrons. The van der Waals surface area contributed by atoms with Gasteiger partial charge in [-0.15, -0.1) is 0 Å². The van der Waals surface area contributed by atoms with Gasteiger partial charge in [-0.2, -0.15) is 5.10 Å². The summed E-state index contributed by atoms with van der Waals surface area (Å²) in [7, 11) is 1.90. The fraction of sp³-hybridized carbons (Fsp3) is 0.727. The van der Waals surface area contributed by atoms with Gasteiger partial charge in [0.05, 0.1) is 21.5 Å². The molecule has 0 aromatic carbocycles. The first kappa shape index (κ1) is 12.1. The molecule has 1 fully saturated rings. The van der Waals surface area contributed by atoms with E-state index in [1.54, 1.807) is 0 Å². The zero-order valence-corrected chi connectivity index (χ0v) is 11.3. The molecule has 0 spiro atoms. The van der Waals surface area contributed by atoms with Gasteiger partial charge in [0.2, 0.25) is 0 Å². The third kappa shape index (κ3) is 2.04. The first-order valence-electron chi connectivity index (χ1n) is 5.58. The van der Waals surface area contributed by atoms with Crippen LogP contribution in [0.25, 0.3) is 0 Å². The zero-order chi connectivity index (χ0) is 11.9. The van der Waals surface area contributed by atoms with Gasteiger partial charge < -0.3 is 10.8 Å². The molecule has 0 radical (unpaired) electrons. The Kier molecular flexibility index (Phi) is 3.11. The van der Waals surface area contributed by atoms with Crippen LogP contribution in [-0.2, 0) is 13.5 Å². The molecule has 0 aliphatic heterocycles.